The minimum absolute atomic E-state index is 0.169. The van der Waals surface area contributed by atoms with Gasteiger partial charge >= 0.3 is 0 Å². The first-order chi connectivity index (χ1) is 11.1. The first-order valence-electron chi connectivity index (χ1n) is 7.87. The summed E-state index contributed by atoms with van der Waals surface area (Å²) in [7, 11) is 1.67. The van der Waals surface area contributed by atoms with Gasteiger partial charge in [0.15, 0.2) is 0 Å². The molecule has 0 spiro atoms. The van der Waals surface area contributed by atoms with Crippen molar-refractivity contribution >= 4 is 11.0 Å². The summed E-state index contributed by atoms with van der Waals surface area (Å²) in [6.45, 7) is 5.13. The van der Waals surface area contributed by atoms with Crippen LogP contribution in [-0.4, -0.2) is 28.4 Å². The lowest BCUT2D eigenvalue weighted by atomic mass is 10.1. The Kier molecular flexibility index (Phi) is 4.35. The molecule has 0 bridgehead atoms. The van der Waals surface area contributed by atoms with E-state index in [1.54, 1.807) is 7.11 Å². The molecular formula is C19H22N2O2. The fourth-order valence-corrected chi connectivity index (χ4v) is 2.82. The van der Waals surface area contributed by atoms with Gasteiger partial charge in [-0.15, -0.1) is 0 Å². The molecule has 4 heteroatoms. The summed E-state index contributed by atoms with van der Waals surface area (Å²) < 4.78 is 7.52. The zero-order chi connectivity index (χ0) is 16.4. The van der Waals surface area contributed by atoms with Gasteiger partial charge in [-0.3, -0.25) is 0 Å². The van der Waals surface area contributed by atoms with Crippen molar-refractivity contribution in [3.63, 3.8) is 0 Å². The zero-order valence-electron chi connectivity index (χ0n) is 13.8. The Morgan fingerprint density at radius 3 is 2.65 bits per heavy atom. The van der Waals surface area contributed by atoms with E-state index in [2.05, 4.69) is 30.5 Å². The van der Waals surface area contributed by atoms with Gasteiger partial charge in [-0.2, -0.15) is 0 Å². The summed E-state index contributed by atoms with van der Waals surface area (Å²) in [5.41, 5.74) is 5.61. The average molecular weight is 310 g/mol. The summed E-state index contributed by atoms with van der Waals surface area (Å²) in [6, 6.07) is 12.2. The number of nitrogens with zero attached hydrogens (tertiary/aromatic N) is 2. The summed E-state index contributed by atoms with van der Waals surface area (Å²) in [6.07, 6.45) is 0.704. The molecule has 0 radical (unpaired) electrons. The van der Waals surface area contributed by atoms with Gasteiger partial charge in [0.05, 0.1) is 18.1 Å². The highest BCUT2D eigenvalue weighted by atomic mass is 16.5. The van der Waals surface area contributed by atoms with Gasteiger partial charge in [-0.25, -0.2) is 4.98 Å². The molecular weight excluding hydrogens is 288 g/mol. The second kappa shape index (κ2) is 6.42. The van der Waals surface area contributed by atoms with E-state index in [0.29, 0.717) is 6.42 Å². The van der Waals surface area contributed by atoms with Crippen molar-refractivity contribution in [2.75, 3.05) is 13.7 Å². The van der Waals surface area contributed by atoms with Crippen LogP contribution in [-0.2, 0) is 6.54 Å². The number of methoxy groups -OCH3 is 1. The quantitative estimate of drug-likeness (QED) is 0.781. The number of rotatable bonds is 5. The molecule has 1 heterocycles. The highest BCUT2D eigenvalue weighted by molar-refractivity contribution is 5.82. The largest absolute Gasteiger partial charge is 0.497 e. The van der Waals surface area contributed by atoms with Crippen molar-refractivity contribution < 1.29 is 9.84 Å². The third-order valence-electron chi connectivity index (χ3n) is 4.23. The number of aromatic nitrogens is 2. The maximum atomic E-state index is 9.23. The first kappa shape index (κ1) is 15.6. The molecule has 120 valence electrons. The molecule has 23 heavy (non-hydrogen) atoms. The third kappa shape index (κ3) is 2.94. The van der Waals surface area contributed by atoms with E-state index >= 15 is 0 Å². The van der Waals surface area contributed by atoms with Crippen LogP contribution in [0.15, 0.2) is 36.4 Å². The minimum Gasteiger partial charge on any atom is -0.497 e. The Bertz CT molecular complexity index is 837. The number of hydrogen-bond acceptors (Lipinski definition) is 3. The van der Waals surface area contributed by atoms with Crippen molar-refractivity contribution in [2.45, 2.75) is 26.8 Å². The van der Waals surface area contributed by atoms with Crippen molar-refractivity contribution in [1.82, 2.24) is 9.55 Å². The number of aliphatic hydroxyl groups is 1. The van der Waals surface area contributed by atoms with E-state index < -0.39 is 0 Å². The topological polar surface area (TPSA) is 47.3 Å². The molecule has 3 aromatic rings. The van der Waals surface area contributed by atoms with Gasteiger partial charge in [0.2, 0.25) is 0 Å². The van der Waals surface area contributed by atoms with Crippen LogP contribution in [0.1, 0.15) is 17.5 Å². The molecule has 0 saturated heterocycles. The number of benzene rings is 2. The van der Waals surface area contributed by atoms with Crippen LogP contribution in [0.4, 0.5) is 0 Å². The Labute approximate surface area is 136 Å². The second-order valence-electron chi connectivity index (χ2n) is 5.82. The summed E-state index contributed by atoms with van der Waals surface area (Å²) in [5, 5.41) is 9.23. The van der Waals surface area contributed by atoms with Gasteiger partial charge in [0.25, 0.3) is 0 Å². The van der Waals surface area contributed by atoms with Crippen LogP contribution in [0.3, 0.4) is 0 Å². The standard InChI is InChI=1S/C19H22N2O2/c1-13-10-17-18(11-14(13)2)21(8-5-9-22)19(20-17)15-6-4-7-16(12-15)23-3/h4,6-7,10-12,22H,5,8-9H2,1-3H3. The van der Waals surface area contributed by atoms with Crippen LogP contribution >= 0.6 is 0 Å². The summed E-state index contributed by atoms with van der Waals surface area (Å²) in [4.78, 5) is 4.84. The molecule has 1 aromatic heterocycles. The molecule has 0 aliphatic rings. The SMILES string of the molecule is COc1cccc(-c2nc3cc(C)c(C)cc3n2CCCO)c1. The Hall–Kier alpha value is -2.33. The molecule has 1 N–H and O–H groups in total. The van der Waals surface area contributed by atoms with Crippen LogP contribution < -0.4 is 4.74 Å². The van der Waals surface area contributed by atoms with Crippen molar-refractivity contribution in [2.24, 2.45) is 0 Å². The van der Waals surface area contributed by atoms with E-state index in [1.807, 2.05) is 24.3 Å². The average Bonchev–Trinajstić information content (AvgIpc) is 2.91. The second-order valence-corrected chi connectivity index (χ2v) is 5.82. The maximum absolute atomic E-state index is 9.23. The molecule has 0 amide bonds. The molecule has 3 rings (SSSR count). The zero-order valence-corrected chi connectivity index (χ0v) is 13.8. The number of fused-ring (bicyclic) bond motifs is 1. The van der Waals surface area contributed by atoms with Crippen molar-refractivity contribution in [1.29, 1.82) is 0 Å². The predicted molar refractivity (Wildman–Crippen MR) is 92.9 cm³/mol. The van der Waals surface area contributed by atoms with E-state index in [4.69, 9.17) is 9.72 Å². The van der Waals surface area contributed by atoms with Crippen LogP contribution in [0.5, 0.6) is 5.75 Å². The number of imidazole rings is 1. The van der Waals surface area contributed by atoms with Crippen LogP contribution in [0.2, 0.25) is 0 Å². The van der Waals surface area contributed by atoms with E-state index in [-0.39, 0.29) is 6.61 Å². The van der Waals surface area contributed by atoms with E-state index in [0.717, 1.165) is 34.7 Å². The lowest BCUT2D eigenvalue weighted by Crippen LogP contribution is -2.03. The molecule has 0 aliphatic carbocycles. The smallest absolute Gasteiger partial charge is 0.141 e. The van der Waals surface area contributed by atoms with Crippen LogP contribution in [0.25, 0.3) is 22.4 Å². The highest BCUT2D eigenvalue weighted by Gasteiger charge is 2.14. The van der Waals surface area contributed by atoms with Gasteiger partial charge in [0, 0.05) is 18.7 Å². The maximum Gasteiger partial charge on any atom is 0.141 e. The van der Waals surface area contributed by atoms with Crippen molar-refractivity contribution in [3.8, 4) is 17.1 Å². The van der Waals surface area contributed by atoms with Gasteiger partial charge in [0.1, 0.15) is 11.6 Å². The summed E-state index contributed by atoms with van der Waals surface area (Å²) >= 11 is 0. The van der Waals surface area contributed by atoms with Gasteiger partial charge in [-0.1, -0.05) is 12.1 Å². The fourth-order valence-electron chi connectivity index (χ4n) is 2.82. The fraction of sp³-hybridized carbons (Fsp3) is 0.316. The lowest BCUT2D eigenvalue weighted by molar-refractivity contribution is 0.281. The Morgan fingerprint density at radius 2 is 1.91 bits per heavy atom. The van der Waals surface area contributed by atoms with Gasteiger partial charge in [-0.05, 0) is 55.7 Å². The number of ether oxygens (including phenoxy) is 1. The van der Waals surface area contributed by atoms with Crippen molar-refractivity contribution in [3.05, 3.63) is 47.5 Å². The number of aliphatic hydroxyl groups excluding tert-OH is 1. The monoisotopic (exact) mass is 310 g/mol. The molecule has 0 fully saturated rings. The number of hydrogen-bond donors (Lipinski definition) is 1. The predicted octanol–water partition coefficient (Wildman–Crippen LogP) is 3.71. The minimum atomic E-state index is 0.169. The Balaban J connectivity index is 2.21. The highest BCUT2D eigenvalue weighted by Crippen LogP contribution is 2.29. The van der Waals surface area contributed by atoms with E-state index in [9.17, 15) is 5.11 Å². The third-order valence-corrected chi connectivity index (χ3v) is 4.23. The molecule has 0 aliphatic heterocycles. The lowest BCUT2D eigenvalue weighted by Gasteiger charge is -2.10. The molecule has 0 atom stereocenters. The molecule has 2 aromatic carbocycles. The molecule has 0 unspecified atom stereocenters. The van der Waals surface area contributed by atoms with Gasteiger partial charge < -0.3 is 14.4 Å². The normalized spacial score (nSPS) is 11.1. The van der Waals surface area contributed by atoms with E-state index in [1.165, 1.54) is 11.1 Å². The molecule has 4 nitrogen and oxygen atoms in total. The van der Waals surface area contributed by atoms with Crippen LogP contribution in [0, 0.1) is 13.8 Å². The molecule has 0 saturated carbocycles. The number of aryl methyl sites for hydroxylation is 3. The first-order valence-corrected chi connectivity index (χ1v) is 7.87. The summed E-state index contributed by atoms with van der Waals surface area (Å²) in [5.74, 6) is 1.73. The Morgan fingerprint density at radius 1 is 1.13 bits per heavy atom.